The number of nitrogens with two attached hydrogens (primary N) is 1. The van der Waals surface area contributed by atoms with Crippen molar-refractivity contribution in [3.63, 3.8) is 0 Å². The Hall–Kier alpha value is -1.23. The van der Waals surface area contributed by atoms with E-state index in [0.717, 1.165) is 28.4 Å². The number of nitrogens with one attached hydrogen (secondary N) is 1. The van der Waals surface area contributed by atoms with Crippen molar-refractivity contribution in [2.75, 3.05) is 23.5 Å². The number of rotatable bonds is 3. The van der Waals surface area contributed by atoms with Crippen molar-refractivity contribution in [3.8, 4) is 0 Å². The Morgan fingerprint density at radius 3 is 2.83 bits per heavy atom. The van der Waals surface area contributed by atoms with Crippen LogP contribution in [0, 0.1) is 19.3 Å². The number of aryl methyl sites for hydroxylation is 2. The Morgan fingerprint density at radius 1 is 1.56 bits per heavy atom. The van der Waals surface area contributed by atoms with Gasteiger partial charge in [-0.1, -0.05) is 0 Å². The molecule has 1 aromatic heterocycles. The minimum atomic E-state index is 0.104. The van der Waals surface area contributed by atoms with Crippen LogP contribution in [0.1, 0.15) is 23.2 Å². The molecule has 1 fully saturated rings. The summed E-state index contributed by atoms with van der Waals surface area (Å²) in [4.78, 5) is 6.79. The Morgan fingerprint density at radius 2 is 2.28 bits per heavy atom. The van der Waals surface area contributed by atoms with Crippen LogP contribution in [0.25, 0.3) is 0 Å². The van der Waals surface area contributed by atoms with Gasteiger partial charge >= 0.3 is 0 Å². The van der Waals surface area contributed by atoms with E-state index in [0.29, 0.717) is 6.04 Å². The molecule has 18 heavy (non-hydrogen) atoms. The van der Waals surface area contributed by atoms with E-state index in [1.807, 2.05) is 31.7 Å². The van der Waals surface area contributed by atoms with Crippen molar-refractivity contribution in [1.29, 1.82) is 5.41 Å². The molecule has 1 aliphatic rings. The van der Waals surface area contributed by atoms with Gasteiger partial charge in [-0.15, -0.1) is 0 Å². The predicted octanol–water partition coefficient (Wildman–Crippen LogP) is 1.92. The van der Waals surface area contributed by atoms with Crippen molar-refractivity contribution in [3.05, 3.63) is 22.9 Å². The average molecular weight is 264 g/mol. The minimum Gasteiger partial charge on any atom is -0.384 e. The third kappa shape index (κ3) is 2.46. The standard InChI is InChI=1S/C13H20N4S/c1-8-6-9(2)16-13(11(8)12(14)15)17(3)10-4-5-18-7-10/h6,10H,4-5,7H2,1-3H3,(H3,14,15). The molecule has 2 rings (SSSR count). The number of pyridine rings is 1. The Bertz CT molecular complexity index is 466. The van der Waals surface area contributed by atoms with Crippen molar-refractivity contribution < 1.29 is 0 Å². The fraction of sp³-hybridized carbons (Fsp3) is 0.538. The highest BCUT2D eigenvalue weighted by Crippen LogP contribution is 2.28. The highest BCUT2D eigenvalue weighted by Gasteiger charge is 2.24. The van der Waals surface area contributed by atoms with Crippen LogP contribution in [0.15, 0.2) is 6.07 Å². The fourth-order valence-corrected chi connectivity index (χ4v) is 3.67. The lowest BCUT2D eigenvalue weighted by Gasteiger charge is -2.27. The Balaban J connectivity index is 2.44. The molecule has 0 radical (unpaired) electrons. The molecular weight excluding hydrogens is 244 g/mol. The summed E-state index contributed by atoms with van der Waals surface area (Å²) in [6, 6.07) is 2.49. The van der Waals surface area contributed by atoms with Crippen LogP contribution in [0.3, 0.4) is 0 Å². The Labute approximate surface area is 112 Å². The van der Waals surface area contributed by atoms with Gasteiger partial charge in [0.1, 0.15) is 11.7 Å². The Kier molecular flexibility index (Phi) is 3.80. The molecule has 1 atom stereocenters. The zero-order valence-corrected chi connectivity index (χ0v) is 12.0. The molecule has 1 aromatic rings. The smallest absolute Gasteiger partial charge is 0.140 e. The van der Waals surface area contributed by atoms with E-state index in [9.17, 15) is 0 Å². The summed E-state index contributed by atoms with van der Waals surface area (Å²) >= 11 is 1.97. The SMILES string of the molecule is Cc1cc(C)c(C(=N)N)c(N(C)C2CCSC2)n1. The van der Waals surface area contributed by atoms with Crippen molar-refractivity contribution >= 4 is 23.4 Å². The third-order valence-electron chi connectivity index (χ3n) is 3.38. The van der Waals surface area contributed by atoms with Crippen LogP contribution < -0.4 is 10.6 Å². The fourth-order valence-electron chi connectivity index (χ4n) is 2.41. The normalized spacial score (nSPS) is 18.9. The molecule has 0 spiro atoms. The van der Waals surface area contributed by atoms with Gasteiger partial charge in [0.15, 0.2) is 0 Å². The molecule has 0 amide bonds. The van der Waals surface area contributed by atoms with Gasteiger partial charge in [0, 0.05) is 24.5 Å². The number of hydrogen-bond donors (Lipinski definition) is 2. The van der Waals surface area contributed by atoms with Gasteiger partial charge in [-0.25, -0.2) is 4.98 Å². The second-order valence-corrected chi connectivity index (χ2v) is 5.97. The zero-order valence-electron chi connectivity index (χ0n) is 11.2. The van der Waals surface area contributed by atoms with Crippen LogP contribution in [0.4, 0.5) is 5.82 Å². The van der Waals surface area contributed by atoms with E-state index in [4.69, 9.17) is 11.1 Å². The number of anilines is 1. The summed E-state index contributed by atoms with van der Waals surface area (Å²) in [5.74, 6) is 3.29. The van der Waals surface area contributed by atoms with E-state index in [1.165, 1.54) is 12.2 Å². The number of aromatic nitrogens is 1. The number of nitrogens with zero attached hydrogens (tertiary/aromatic N) is 2. The molecular formula is C13H20N4S. The van der Waals surface area contributed by atoms with E-state index in [1.54, 1.807) is 0 Å². The molecule has 98 valence electrons. The van der Waals surface area contributed by atoms with Gasteiger partial charge in [0.05, 0.1) is 5.56 Å². The molecule has 1 aliphatic heterocycles. The maximum Gasteiger partial charge on any atom is 0.140 e. The minimum absolute atomic E-state index is 0.104. The van der Waals surface area contributed by atoms with Crippen molar-refractivity contribution in [1.82, 2.24) is 4.98 Å². The molecule has 0 aliphatic carbocycles. The first-order valence-corrected chi connectivity index (χ1v) is 7.29. The van der Waals surface area contributed by atoms with E-state index in [2.05, 4.69) is 16.9 Å². The summed E-state index contributed by atoms with van der Waals surface area (Å²) in [6.07, 6.45) is 1.17. The van der Waals surface area contributed by atoms with E-state index >= 15 is 0 Å². The molecule has 1 saturated heterocycles. The monoisotopic (exact) mass is 264 g/mol. The van der Waals surface area contributed by atoms with Gasteiger partial charge < -0.3 is 10.6 Å². The molecule has 4 nitrogen and oxygen atoms in total. The van der Waals surface area contributed by atoms with Crippen LogP contribution in [-0.4, -0.2) is 35.4 Å². The maximum atomic E-state index is 7.76. The van der Waals surface area contributed by atoms with Crippen LogP contribution in [0.5, 0.6) is 0 Å². The van der Waals surface area contributed by atoms with Crippen molar-refractivity contribution in [2.24, 2.45) is 5.73 Å². The number of amidine groups is 1. The van der Waals surface area contributed by atoms with Gasteiger partial charge in [-0.05, 0) is 37.7 Å². The number of nitrogen functional groups attached to an aromatic ring is 1. The second kappa shape index (κ2) is 5.18. The summed E-state index contributed by atoms with van der Waals surface area (Å²) < 4.78 is 0. The topological polar surface area (TPSA) is 66.0 Å². The summed E-state index contributed by atoms with van der Waals surface area (Å²) in [6.45, 7) is 3.98. The van der Waals surface area contributed by atoms with Gasteiger partial charge in [0.2, 0.25) is 0 Å². The highest BCUT2D eigenvalue weighted by molar-refractivity contribution is 7.99. The average Bonchev–Trinajstić information content (AvgIpc) is 2.79. The highest BCUT2D eigenvalue weighted by atomic mass is 32.2. The van der Waals surface area contributed by atoms with Crippen LogP contribution >= 0.6 is 11.8 Å². The zero-order chi connectivity index (χ0) is 13.3. The first-order valence-electron chi connectivity index (χ1n) is 6.14. The quantitative estimate of drug-likeness (QED) is 0.646. The lowest BCUT2D eigenvalue weighted by molar-refractivity contribution is 0.689. The first kappa shape index (κ1) is 13.2. The molecule has 0 saturated carbocycles. The first-order chi connectivity index (χ1) is 8.50. The molecule has 3 N–H and O–H groups in total. The second-order valence-electron chi connectivity index (χ2n) is 4.82. The molecule has 0 aromatic carbocycles. The largest absolute Gasteiger partial charge is 0.384 e. The van der Waals surface area contributed by atoms with Gasteiger partial charge in [0.25, 0.3) is 0 Å². The summed E-state index contributed by atoms with van der Waals surface area (Å²) in [5.41, 5.74) is 8.50. The number of thioether (sulfide) groups is 1. The van der Waals surface area contributed by atoms with E-state index in [-0.39, 0.29) is 5.84 Å². The lowest BCUT2D eigenvalue weighted by atomic mass is 10.1. The maximum absolute atomic E-state index is 7.76. The lowest BCUT2D eigenvalue weighted by Crippen LogP contribution is -2.34. The van der Waals surface area contributed by atoms with Crippen molar-refractivity contribution in [2.45, 2.75) is 26.3 Å². The van der Waals surface area contributed by atoms with Crippen LogP contribution in [-0.2, 0) is 0 Å². The molecule has 5 heteroatoms. The van der Waals surface area contributed by atoms with Crippen LogP contribution in [0.2, 0.25) is 0 Å². The molecule has 2 heterocycles. The number of hydrogen-bond acceptors (Lipinski definition) is 4. The molecule has 1 unspecified atom stereocenters. The summed E-state index contributed by atoms with van der Waals surface area (Å²) in [5, 5.41) is 7.76. The molecule has 0 bridgehead atoms. The van der Waals surface area contributed by atoms with E-state index < -0.39 is 0 Å². The van der Waals surface area contributed by atoms with Gasteiger partial charge in [-0.2, -0.15) is 11.8 Å². The van der Waals surface area contributed by atoms with Gasteiger partial charge in [-0.3, -0.25) is 5.41 Å². The third-order valence-corrected chi connectivity index (χ3v) is 4.53. The summed E-state index contributed by atoms with van der Waals surface area (Å²) in [7, 11) is 2.06. The predicted molar refractivity (Wildman–Crippen MR) is 78.9 cm³/mol.